The quantitative estimate of drug-likeness (QED) is 0.409. The Morgan fingerprint density at radius 3 is 2.41 bits per heavy atom. The number of rotatable bonds is 11. The monoisotopic (exact) mass is 432 g/mol. The molecule has 156 valence electrons. The van der Waals surface area contributed by atoms with E-state index in [0.717, 1.165) is 34.1 Å². The summed E-state index contributed by atoms with van der Waals surface area (Å²) in [6, 6.07) is 17.3. The number of halogens is 1. The molecule has 0 radical (unpaired) electrons. The zero-order valence-electron chi connectivity index (χ0n) is 17.1. The molecule has 1 N–H and O–H groups in total. The maximum absolute atomic E-state index is 13.0. The minimum absolute atomic E-state index is 0.0353. The minimum atomic E-state index is -0.430. The second-order valence-corrected chi connectivity index (χ2v) is 8.37. The molecule has 0 bridgehead atoms. The average Bonchev–Trinajstić information content (AvgIpc) is 2.75. The molecule has 6 heteroatoms. The maximum Gasteiger partial charge on any atom is 0.242 e. The molecule has 1 unspecified atom stereocenters. The summed E-state index contributed by atoms with van der Waals surface area (Å²) >= 11 is 7.62. The smallest absolute Gasteiger partial charge is 0.242 e. The van der Waals surface area contributed by atoms with Crippen LogP contribution in [0.2, 0.25) is 5.02 Å². The van der Waals surface area contributed by atoms with Crippen molar-refractivity contribution in [3.05, 3.63) is 65.2 Å². The lowest BCUT2D eigenvalue weighted by molar-refractivity contribution is -0.140. The number of nitrogens with one attached hydrogen (secondary N) is 1. The summed E-state index contributed by atoms with van der Waals surface area (Å²) in [6.45, 7) is 2.48. The third-order valence-corrected chi connectivity index (χ3v) is 6.08. The van der Waals surface area contributed by atoms with E-state index in [9.17, 15) is 9.59 Å². The van der Waals surface area contributed by atoms with Gasteiger partial charge in [-0.15, -0.1) is 11.8 Å². The lowest BCUT2D eigenvalue weighted by Crippen LogP contribution is -2.49. The van der Waals surface area contributed by atoms with Crippen LogP contribution in [0.3, 0.4) is 0 Å². The molecule has 4 nitrogen and oxygen atoms in total. The van der Waals surface area contributed by atoms with E-state index in [2.05, 4.69) is 5.32 Å². The van der Waals surface area contributed by atoms with Gasteiger partial charge in [-0.05, 0) is 54.8 Å². The van der Waals surface area contributed by atoms with Gasteiger partial charge in [-0.2, -0.15) is 0 Å². The molecule has 0 fully saturated rings. The number of hydrogen-bond donors (Lipinski definition) is 1. The van der Waals surface area contributed by atoms with Gasteiger partial charge in [0.1, 0.15) is 6.04 Å². The summed E-state index contributed by atoms with van der Waals surface area (Å²) in [5.41, 5.74) is 1.16. The van der Waals surface area contributed by atoms with Crippen molar-refractivity contribution in [2.24, 2.45) is 0 Å². The molecule has 0 aromatic heterocycles. The number of carbonyl (C=O) groups is 2. The van der Waals surface area contributed by atoms with E-state index in [1.165, 1.54) is 0 Å². The van der Waals surface area contributed by atoms with E-state index in [4.69, 9.17) is 11.6 Å². The number of thioether (sulfide) groups is 1. The highest BCUT2D eigenvalue weighted by molar-refractivity contribution is 7.99. The minimum Gasteiger partial charge on any atom is -0.357 e. The predicted molar refractivity (Wildman–Crippen MR) is 121 cm³/mol. The molecule has 2 rings (SSSR count). The second-order valence-electron chi connectivity index (χ2n) is 6.77. The fourth-order valence-electron chi connectivity index (χ4n) is 3.15. The van der Waals surface area contributed by atoms with Gasteiger partial charge in [-0.3, -0.25) is 9.59 Å². The molecular formula is C23H29ClN2O2S. The van der Waals surface area contributed by atoms with Gasteiger partial charge in [0.2, 0.25) is 11.8 Å². The highest BCUT2D eigenvalue weighted by Gasteiger charge is 2.27. The first-order valence-electron chi connectivity index (χ1n) is 9.98. The average molecular weight is 433 g/mol. The van der Waals surface area contributed by atoms with Crippen LogP contribution in [-0.2, 0) is 16.0 Å². The van der Waals surface area contributed by atoms with E-state index < -0.39 is 6.04 Å². The largest absolute Gasteiger partial charge is 0.357 e. The maximum atomic E-state index is 13.0. The molecule has 0 aliphatic heterocycles. The van der Waals surface area contributed by atoms with Crippen LogP contribution in [-0.4, -0.2) is 42.1 Å². The third-order valence-electron chi connectivity index (χ3n) is 4.73. The molecule has 0 aliphatic rings. The van der Waals surface area contributed by atoms with Crippen molar-refractivity contribution in [3.63, 3.8) is 0 Å². The Kier molecular flexibility index (Phi) is 10.1. The van der Waals surface area contributed by atoms with Gasteiger partial charge in [-0.1, -0.05) is 48.9 Å². The first kappa shape index (κ1) is 23.3. The Morgan fingerprint density at radius 1 is 1.10 bits per heavy atom. The van der Waals surface area contributed by atoms with Gasteiger partial charge in [0.05, 0.1) is 0 Å². The molecule has 0 saturated heterocycles. The van der Waals surface area contributed by atoms with Crippen LogP contribution in [0, 0.1) is 0 Å². The summed E-state index contributed by atoms with van der Waals surface area (Å²) < 4.78 is 0. The molecule has 0 aliphatic carbocycles. The van der Waals surface area contributed by atoms with Crippen molar-refractivity contribution in [3.8, 4) is 0 Å². The van der Waals surface area contributed by atoms with Crippen molar-refractivity contribution in [1.29, 1.82) is 0 Å². The number of nitrogens with zero attached hydrogens (tertiary/aromatic N) is 1. The highest BCUT2D eigenvalue weighted by atomic mass is 35.5. The van der Waals surface area contributed by atoms with Crippen LogP contribution < -0.4 is 5.32 Å². The highest BCUT2D eigenvalue weighted by Crippen LogP contribution is 2.22. The number of carbonyl (C=O) groups excluding carboxylic acids is 2. The number of likely N-dealkylation sites (N-methyl/N-ethyl adjacent to an activating group) is 1. The van der Waals surface area contributed by atoms with E-state index in [1.54, 1.807) is 23.7 Å². The summed E-state index contributed by atoms with van der Waals surface area (Å²) in [4.78, 5) is 28.2. The number of benzene rings is 2. The molecule has 2 aromatic rings. The van der Waals surface area contributed by atoms with Crippen LogP contribution >= 0.6 is 23.4 Å². The topological polar surface area (TPSA) is 49.4 Å². The Hall–Kier alpha value is -1.98. The first-order chi connectivity index (χ1) is 14.0. The van der Waals surface area contributed by atoms with Crippen molar-refractivity contribution < 1.29 is 9.59 Å². The number of amides is 2. The molecule has 0 spiro atoms. The fourth-order valence-corrected chi connectivity index (χ4v) is 4.13. The number of hydrogen-bond acceptors (Lipinski definition) is 3. The van der Waals surface area contributed by atoms with Crippen LogP contribution in [0.15, 0.2) is 59.5 Å². The Balaban J connectivity index is 1.93. The zero-order chi connectivity index (χ0) is 21.1. The molecule has 0 heterocycles. The van der Waals surface area contributed by atoms with Crippen molar-refractivity contribution in [2.75, 3.05) is 19.3 Å². The lowest BCUT2D eigenvalue weighted by atomic mass is 10.1. The third kappa shape index (κ3) is 7.75. The van der Waals surface area contributed by atoms with Gasteiger partial charge in [0.15, 0.2) is 0 Å². The molecule has 0 saturated carbocycles. The van der Waals surface area contributed by atoms with Crippen LogP contribution in [0.25, 0.3) is 0 Å². The molecule has 2 aromatic carbocycles. The predicted octanol–water partition coefficient (Wildman–Crippen LogP) is 4.81. The van der Waals surface area contributed by atoms with Crippen molar-refractivity contribution in [2.45, 2.75) is 43.5 Å². The molecule has 29 heavy (non-hydrogen) atoms. The normalized spacial score (nSPS) is 11.7. The van der Waals surface area contributed by atoms with Crippen LogP contribution in [0.4, 0.5) is 0 Å². The standard InChI is InChI=1S/C23H29ClN2O2S/c1-3-21(23(28)25-2)26(16-15-18-8-5-4-6-9-18)22(27)10-7-17-29-20-13-11-19(24)12-14-20/h4-6,8-9,11-14,21H,3,7,10,15-17H2,1-2H3,(H,25,28). The van der Waals surface area contributed by atoms with Gasteiger partial charge in [-0.25, -0.2) is 0 Å². The van der Waals surface area contributed by atoms with Gasteiger partial charge < -0.3 is 10.2 Å². The van der Waals surface area contributed by atoms with E-state index >= 15 is 0 Å². The van der Waals surface area contributed by atoms with E-state index in [0.29, 0.717) is 19.4 Å². The van der Waals surface area contributed by atoms with E-state index in [1.807, 2.05) is 61.5 Å². The summed E-state index contributed by atoms with van der Waals surface area (Å²) in [5, 5.41) is 3.42. The molecule has 1 atom stereocenters. The van der Waals surface area contributed by atoms with Crippen LogP contribution in [0.1, 0.15) is 31.7 Å². The van der Waals surface area contributed by atoms with Gasteiger partial charge >= 0.3 is 0 Å². The van der Waals surface area contributed by atoms with Crippen LogP contribution in [0.5, 0.6) is 0 Å². The summed E-state index contributed by atoms with van der Waals surface area (Å²) in [5.74, 6) is 0.772. The second kappa shape index (κ2) is 12.6. The Bertz CT molecular complexity index is 768. The molecular weight excluding hydrogens is 404 g/mol. The zero-order valence-corrected chi connectivity index (χ0v) is 18.6. The van der Waals surface area contributed by atoms with Crippen molar-refractivity contribution in [1.82, 2.24) is 10.2 Å². The lowest BCUT2D eigenvalue weighted by Gasteiger charge is -2.30. The Labute approximate surface area is 183 Å². The van der Waals surface area contributed by atoms with Crippen molar-refractivity contribution >= 4 is 35.2 Å². The first-order valence-corrected chi connectivity index (χ1v) is 11.3. The van der Waals surface area contributed by atoms with Gasteiger partial charge in [0, 0.05) is 29.9 Å². The van der Waals surface area contributed by atoms with E-state index in [-0.39, 0.29) is 11.8 Å². The SMILES string of the molecule is CCC(C(=O)NC)N(CCc1ccccc1)C(=O)CCCSc1ccc(Cl)cc1. The fraction of sp³-hybridized carbons (Fsp3) is 0.391. The molecule has 2 amide bonds. The summed E-state index contributed by atoms with van der Waals surface area (Å²) in [6.07, 6.45) is 2.53. The summed E-state index contributed by atoms with van der Waals surface area (Å²) in [7, 11) is 1.62. The van der Waals surface area contributed by atoms with Gasteiger partial charge in [0.25, 0.3) is 0 Å². The Morgan fingerprint density at radius 2 is 1.79 bits per heavy atom.